The number of ether oxygens (including phenoxy) is 4. The Morgan fingerprint density at radius 1 is 1.00 bits per heavy atom. The Hall–Kier alpha value is -4.12. The van der Waals surface area contributed by atoms with E-state index in [0.29, 0.717) is 31.9 Å². The maximum atomic E-state index is 13.0. The highest BCUT2D eigenvalue weighted by Crippen LogP contribution is 2.30. The smallest absolute Gasteiger partial charge is 0.339 e. The van der Waals surface area contributed by atoms with Gasteiger partial charge in [0, 0.05) is 25.7 Å². The molecule has 192 valence electrons. The van der Waals surface area contributed by atoms with Gasteiger partial charge in [0.1, 0.15) is 0 Å². The van der Waals surface area contributed by atoms with Gasteiger partial charge in [0.2, 0.25) is 6.10 Å². The number of urea groups is 1. The van der Waals surface area contributed by atoms with Crippen LogP contribution in [0.25, 0.3) is 0 Å². The van der Waals surface area contributed by atoms with Crippen LogP contribution in [0.3, 0.4) is 0 Å². The van der Waals surface area contributed by atoms with Gasteiger partial charge in [-0.3, -0.25) is 14.9 Å². The summed E-state index contributed by atoms with van der Waals surface area (Å²) in [6.45, 7) is 3.83. The van der Waals surface area contributed by atoms with Crippen LogP contribution in [-0.2, 0) is 19.1 Å². The Morgan fingerprint density at radius 2 is 1.72 bits per heavy atom. The number of amides is 4. The van der Waals surface area contributed by atoms with Gasteiger partial charge in [0.05, 0.1) is 25.4 Å². The Kier molecular flexibility index (Phi) is 9.64. The number of esters is 1. The molecule has 11 heteroatoms. The van der Waals surface area contributed by atoms with Crippen molar-refractivity contribution < 1.29 is 38.1 Å². The molecule has 1 atom stereocenters. The molecular formula is C25H29N3O8. The quantitative estimate of drug-likeness (QED) is 0.498. The molecular weight excluding hydrogens is 470 g/mol. The topological polar surface area (TPSA) is 132 Å². The third-order valence-corrected chi connectivity index (χ3v) is 5.22. The van der Waals surface area contributed by atoms with Crippen molar-refractivity contribution in [2.24, 2.45) is 0 Å². The second-order valence-corrected chi connectivity index (χ2v) is 7.64. The number of benzene rings is 2. The fraction of sp³-hybridized carbons (Fsp3) is 0.360. The fourth-order valence-electron chi connectivity index (χ4n) is 3.38. The zero-order chi connectivity index (χ0) is 25.9. The standard InChI is InChI=1S/C25H29N3O8/c1-3-34-20-15-18(9-10-19(20)35-16-21(29)28-11-13-33-14-12-28)24(31)36-22(17-7-5-4-6-8-17)23(30)27-25(32)26-2/h4-10,15,22H,3,11-14,16H2,1-2H3,(H2,26,27,30,32)/t22-/m0/s1. The number of carbonyl (C=O) groups excluding carboxylic acids is 4. The summed E-state index contributed by atoms with van der Waals surface area (Å²) in [4.78, 5) is 51.3. The van der Waals surface area contributed by atoms with Crippen LogP contribution in [0.15, 0.2) is 48.5 Å². The van der Waals surface area contributed by atoms with Gasteiger partial charge in [0.15, 0.2) is 18.1 Å². The highest BCUT2D eigenvalue weighted by atomic mass is 16.5. The van der Waals surface area contributed by atoms with E-state index >= 15 is 0 Å². The molecule has 0 unspecified atom stereocenters. The summed E-state index contributed by atoms with van der Waals surface area (Å²) in [7, 11) is 1.36. The first-order chi connectivity index (χ1) is 17.4. The molecule has 0 spiro atoms. The summed E-state index contributed by atoms with van der Waals surface area (Å²) in [5, 5.41) is 4.41. The van der Waals surface area contributed by atoms with E-state index in [9.17, 15) is 19.2 Å². The Balaban J connectivity index is 1.74. The van der Waals surface area contributed by atoms with Gasteiger partial charge in [-0.05, 0) is 25.1 Å². The molecule has 3 rings (SSSR count). The fourth-order valence-corrected chi connectivity index (χ4v) is 3.38. The number of hydrogen-bond donors (Lipinski definition) is 2. The third-order valence-electron chi connectivity index (χ3n) is 5.22. The summed E-state index contributed by atoms with van der Waals surface area (Å²) in [5.74, 6) is -1.27. The monoisotopic (exact) mass is 499 g/mol. The minimum Gasteiger partial charge on any atom is -0.490 e. The van der Waals surface area contributed by atoms with E-state index in [0.717, 1.165) is 0 Å². The van der Waals surface area contributed by atoms with Crippen LogP contribution in [-0.4, -0.2) is 75.3 Å². The molecule has 4 amide bonds. The second-order valence-electron chi connectivity index (χ2n) is 7.64. The summed E-state index contributed by atoms with van der Waals surface area (Å²) in [5.41, 5.74) is 0.484. The van der Waals surface area contributed by atoms with E-state index in [1.54, 1.807) is 42.2 Å². The van der Waals surface area contributed by atoms with E-state index in [4.69, 9.17) is 18.9 Å². The number of morpholine rings is 1. The van der Waals surface area contributed by atoms with Crippen LogP contribution in [0.5, 0.6) is 11.5 Å². The van der Waals surface area contributed by atoms with Crippen LogP contribution >= 0.6 is 0 Å². The predicted molar refractivity (Wildman–Crippen MR) is 128 cm³/mol. The SMILES string of the molecule is CCOc1cc(C(=O)O[C@H](C(=O)NC(=O)NC)c2ccccc2)ccc1OCC(=O)N1CCOCC1. The van der Waals surface area contributed by atoms with Gasteiger partial charge in [-0.25, -0.2) is 9.59 Å². The molecule has 11 nitrogen and oxygen atoms in total. The zero-order valence-corrected chi connectivity index (χ0v) is 20.2. The van der Waals surface area contributed by atoms with E-state index in [1.807, 2.05) is 0 Å². The minimum atomic E-state index is -1.37. The van der Waals surface area contributed by atoms with Gasteiger partial charge >= 0.3 is 12.0 Å². The van der Waals surface area contributed by atoms with Gasteiger partial charge in [-0.2, -0.15) is 0 Å². The third kappa shape index (κ3) is 7.19. The predicted octanol–water partition coefficient (Wildman–Crippen LogP) is 1.68. The molecule has 1 fully saturated rings. The molecule has 1 heterocycles. The molecule has 2 aromatic carbocycles. The molecule has 1 saturated heterocycles. The number of carbonyl (C=O) groups is 4. The van der Waals surface area contributed by atoms with Crippen LogP contribution < -0.4 is 20.1 Å². The van der Waals surface area contributed by atoms with Crippen LogP contribution in [0.2, 0.25) is 0 Å². The average Bonchev–Trinajstić information content (AvgIpc) is 2.91. The maximum absolute atomic E-state index is 13.0. The molecule has 0 saturated carbocycles. The number of nitrogens with zero attached hydrogens (tertiary/aromatic N) is 1. The number of imide groups is 1. The second kappa shape index (κ2) is 13.1. The number of hydrogen-bond acceptors (Lipinski definition) is 8. The van der Waals surface area contributed by atoms with Crippen molar-refractivity contribution in [3.63, 3.8) is 0 Å². The summed E-state index contributed by atoms with van der Waals surface area (Å²) in [6.07, 6.45) is -1.37. The van der Waals surface area contributed by atoms with Crippen molar-refractivity contribution in [2.45, 2.75) is 13.0 Å². The largest absolute Gasteiger partial charge is 0.490 e. The van der Waals surface area contributed by atoms with Gasteiger partial charge < -0.3 is 29.2 Å². The molecule has 1 aliphatic rings. The molecule has 0 aliphatic carbocycles. The van der Waals surface area contributed by atoms with Crippen molar-refractivity contribution in [3.05, 3.63) is 59.7 Å². The summed E-state index contributed by atoms with van der Waals surface area (Å²) < 4.78 is 22.0. The molecule has 2 N–H and O–H groups in total. The first kappa shape index (κ1) is 26.5. The Labute approximate surface area is 208 Å². The lowest BCUT2D eigenvalue weighted by atomic mass is 10.1. The minimum absolute atomic E-state index is 0.0963. The molecule has 1 aliphatic heterocycles. The Bertz CT molecular complexity index is 1070. The van der Waals surface area contributed by atoms with Crippen molar-refractivity contribution in [1.29, 1.82) is 0 Å². The van der Waals surface area contributed by atoms with E-state index in [2.05, 4.69) is 10.6 Å². The first-order valence-electron chi connectivity index (χ1n) is 11.5. The molecule has 2 aromatic rings. The Morgan fingerprint density at radius 3 is 2.39 bits per heavy atom. The van der Waals surface area contributed by atoms with Crippen molar-refractivity contribution in [3.8, 4) is 11.5 Å². The zero-order valence-electron chi connectivity index (χ0n) is 20.2. The maximum Gasteiger partial charge on any atom is 0.339 e. The lowest BCUT2D eigenvalue weighted by Crippen LogP contribution is -2.43. The molecule has 0 radical (unpaired) electrons. The highest BCUT2D eigenvalue weighted by molar-refractivity contribution is 5.99. The lowest BCUT2D eigenvalue weighted by molar-refractivity contribution is -0.137. The van der Waals surface area contributed by atoms with Crippen molar-refractivity contribution >= 4 is 23.8 Å². The average molecular weight is 500 g/mol. The lowest BCUT2D eigenvalue weighted by Gasteiger charge is -2.26. The number of rotatable bonds is 9. The van der Waals surface area contributed by atoms with Gasteiger partial charge in [-0.1, -0.05) is 30.3 Å². The van der Waals surface area contributed by atoms with Crippen LogP contribution in [0.4, 0.5) is 4.79 Å². The van der Waals surface area contributed by atoms with Crippen molar-refractivity contribution in [2.75, 3.05) is 46.6 Å². The molecule has 36 heavy (non-hydrogen) atoms. The van der Waals surface area contributed by atoms with E-state index in [1.165, 1.54) is 25.2 Å². The van der Waals surface area contributed by atoms with Crippen LogP contribution in [0, 0.1) is 0 Å². The van der Waals surface area contributed by atoms with Crippen LogP contribution in [0.1, 0.15) is 28.9 Å². The normalized spacial score (nSPS) is 13.8. The molecule has 0 bridgehead atoms. The first-order valence-corrected chi connectivity index (χ1v) is 11.5. The summed E-state index contributed by atoms with van der Waals surface area (Å²) in [6, 6.07) is 11.9. The summed E-state index contributed by atoms with van der Waals surface area (Å²) >= 11 is 0. The van der Waals surface area contributed by atoms with Gasteiger partial charge in [0.25, 0.3) is 11.8 Å². The van der Waals surface area contributed by atoms with Crippen molar-refractivity contribution in [1.82, 2.24) is 15.5 Å². The van der Waals surface area contributed by atoms with Gasteiger partial charge in [-0.15, -0.1) is 0 Å². The highest BCUT2D eigenvalue weighted by Gasteiger charge is 2.27. The van der Waals surface area contributed by atoms with E-state index in [-0.39, 0.29) is 36.2 Å². The number of nitrogens with one attached hydrogen (secondary N) is 2. The molecule has 0 aromatic heterocycles. The van der Waals surface area contributed by atoms with E-state index < -0.39 is 24.0 Å².